The molecule has 0 amide bonds. The Kier molecular flexibility index (Phi) is 5.19. The average molecular weight is 221 g/mol. The number of hydrogen-bond acceptors (Lipinski definition) is 3. The Bertz CT molecular complexity index is 328. The molecule has 16 heavy (non-hydrogen) atoms. The van der Waals surface area contributed by atoms with E-state index in [9.17, 15) is 5.11 Å². The summed E-state index contributed by atoms with van der Waals surface area (Å²) in [5.41, 5.74) is 2.25. The molecule has 88 valence electrons. The predicted molar refractivity (Wildman–Crippen MR) is 66.2 cm³/mol. The van der Waals surface area contributed by atoms with E-state index in [4.69, 9.17) is 5.11 Å². The molecule has 0 heterocycles. The molecule has 3 N–H and O–H groups in total. The highest BCUT2D eigenvalue weighted by atomic mass is 16.3. The first kappa shape index (κ1) is 12.9. The van der Waals surface area contributed by atoms with E-state index >= 15 is 0 Å². The van der Waals surface area contributed by atoms with Crippen LogP contribution >= 0.6 is 0 Å². The van der Waals surface area contributed by atoms with Crippen LogP contribution in [-0.2, 0) is 0 Å². The van der Waals surface area contributed by atoms with Gasteiger partial charge < -0.3 is 15.5 Å². The van der Waals surface area contributed by atoms with Crippen molar-refractivity contribution in [3.05, 3.63) is 41.5 Å². The fourth-order valence-electron chi connectivity index (χ4n) is 1.39. The second-order valence-electron chi connectivity index (χ2n) is 3.84. The molecule has 1 rings (SSSR count). The molecule has 0 aliphatic rings. The van der Waals surface area contributed by atoms with Gasteiger partial charge in [0.1, 0.15) is 0 Å². The molecule has 2 atom stereocenters. The minimum absolute atomic E-state index is 0.0874. The Hall–Kier alpha value is -1.16. The molecule has 0 unspecified atom stereocenters. The Balaban J connectivity index is 2.62. The monoisotopic (exact) mass is 221 g/mol. The summed E-state index contributed by atoms with van der Waals surface area (Å²) in [7, 11) is 1.71. The third-order valence-corrected chi connectivity index (χ3v) is 2.54. The van der Waals surface area contributed by atoms with Gasteiger partial charge in [0.05, 0.1) is 18.8 Å². The molecule has 3 heteroatoms. The fraction of sp³-hybridized carbons (Fsp3) is 0.385. The van der Waals surface area contributed by atoms with Crippen LogP contribution in [0.2, 0.25) is 0 Å². The summed E-state index contributed by atoms with van der Waals surface area (Å²) in [6.07, 6.45) is 2.85. The molecule has 0 fully saturated rings. The van der Waals surface area contributed by atoms with Gasteiger partial charge in [-0.3, -0.25) is 0 Å². The van der Waals surface area contributed by atoms with Crippen LogP contribution in [0.15, 0.2) is 30.3 Å². The third-order valence-electron chi connectivity index (χ3n) is 2.54. The van der Waals surface area contributed by atoms with Crippen molar-refractivity contribution in [3.63, 3.8) is 0 Å². The van der Waals surface area contributed by atoms with Gasteiger partial charge >= 0.3 is 0 Å². The molecule has 3 nitrogen and oxygen atoms in total. The number of aliphatic hydroxyl groups is 2. The van der Waals surface area contributed by atoms with Gasteiger partial charge in [-0.15, -0.1) is 0 Å². The summed E-state index contributed by atoms with van der Waals surface area (Å²) in [5, 5.41) is 21.5. The number of hydrogen-bond donors (Lipinski definition) is 3. The fourth-order valence-corrected chi connectivity index (χ4v) is 1.39. The largest absolute Gasteiger partial charge is 0.395 e. The van der Waals surface area contributed by atoms with Crippen LogP contribution in [0.5, 0.6) is 0 Å². The second-order valence-corrected chi connectivity index (χ2v) is 3.84. The smallest absolute Gasteiger partial charge is 0.0899 e. The van der Waals surface area contributed by atoms with Gasteiger partial charge in [0, 0.05) is 0 Å². The van der Waals surface area contributed by atoms with E-state index in [1.807, 2.05) is 37.3 Å². The first-order valence-corrected chi connectivity index (χ1v) is 5.38. The Morgan fingerprint density at radius 1 is 1.31 bits per heavy atom. The molecule has 1 aromatic rings. The Morgan fingerprint density at radius 3 is 2.44 bits per heavy atom. The van der Waals surface area contributed by atoms with Crippen molar-refractivity contribution < 1.29 is 10.2 Å². The van der Waals surface area contributed by atoms with Gasteiger partial charge in [0.15, 0.2) is 0 Å². The maximum Gasteiger partial charge on any atom is 0.0899 e. The zero-order chi connectivity index (χ0) is 12.0. The molecular formula is C13H19NO2. The topological polar surface area (TPSA) is 52.5 Å². The van der Waals surface area contributed by atoms with Gasteiger partial charge in [-0.05, 0) is 19.5 Å². The summed E-state index contributed by atoms with van der Waals surface area (Å²) >= 11 is 0. The minimum Gasteiger partial charge on any atom is -0.395 e. The number of aliphatic hydroxyl groups excluding tert-OH is 2. The first-order valence-electron chi connectivity index (χ1n) is 5.38. The first-order chi connectivity index (χ1) is 7.67. The summed E-state index contributed by atoms with van der Waals surface area (Å²) in [5.74, 6) is 0. The maximum atomic E-state index is 9.72. The number of nitrogens with one attached hydrogen (secondary N) is 1. The highest BCUT2D eigenvalue weighted by Gasteiger charge is 2.12. The molecule has 1 aromatic carbocycles. The second kappa shape index (κ2) is 6.43. The van der Waals surface area contributed by atoms with E-state index in [1.54, 1.807) is 13.1 Å². The van der Waals surface area contributed by atoms with Crippen molar-refractivity contribution in [2.75, 3.05) is 13.7 Å². The zero-order valence-electron chi connectivity index (χ0n) is 9.72. The lowest BCUT2D eigenvalue weighted by atomic mass is 10.1. The van der Waals surface area contributed by atoms with Crippen LogP contribution in [0.3, 0.4) is 0 Å². The van der Waals surface area contributed by atoms with Crippen LogP contribution < -0.4 is 5.32 Å². The lowest BCUT2D eigenvalue weighted by Gasteiger charge is -2.16. The summed E-state index contributed by atoms with van der Waals surface area (Å²) < 4.78 is 0. The molecule has 0 saturated carbocycles. The van der Waals surface area contributed by atoms with E-state index in [0.717, 1.165) is 5.56 Å². The van der Waals surface area contributed by atoms with Gasteiger partial charge in [-0.1, -0.05) is 42.0 Å². The lowest BCUT2D eigenvalue weighted by molar-refractivity contribution is 0.128. The maximum absolute atomic E-state index is 9.72. The summed E-state index contributed by atoms with van der Waals surface area (Å²) in [6.45, 7) is 1.95. The van der Waals surface area contributed by atoms with Crippen LogP contribution in [-0.4, -0.2) is 36.0 Å². The number of aryl methyl sites for hydroxylation is 1. The van der Waals surface area contributed by atoms with Crippen LogP contribution in [0.4, 0.5) is 0 Å². The molecule has 0 spiro atoms. The van der Waals surface area contributed by atoms with Crippen molar-refractivity contribution in [1.29, 1.82) is 0 Å². The molecule has 0 saturated heterocycles. The highest BCUT2D eigenvalue weighted by molar-refractivity contribution is 5.50. The molecule has 0 aliphatic heterocycles. The van der Waals surface area contributed by atoms with Crippen molar-refractivity contribution in [2.24, 2.45) is 0 Å². The Morgan fingerprint density at radius 2 is 1.94 bits per heavy atom. The quantitative estimate of drug-likeness (QED) is 0.694. The minimum atomic E-state index is -0.684. The van der Waals surface area contributed by atoms with Crippen molar-refractivity contribution in [2.45, 2.75) is 19.1 Å². The van der Waals surface area contributed by atoms with Crippen LogP contribution in [0.1, 0.15) is 11.1 Å². The van der Waals surface area contributed by atoms with E-state index in [0.29, 0.717) is 0 Å². The van der Waals surface area contributed by atoms with Crippen LogP contribution in [0, 0.1) is 6.92 Å². The van der Waals surface area contributed by atoms with Crippen LogP contribution in [0.25, 0.3) is 6.08 Å². The summed E-state index contributed by atoms with van der Waals surface area (Å²) in [4.78, 5) is 0. The highest BCUT2D eigenvalue weighted by Crippen LogP contribution is 2.06. The third kappa shape index (κ3) is 3.77. The van der Waals surface area contributed by atoms with Crippen molar-refractivity contribution in [1.82, 2.24) is 5.32 Å². The molecule has 0 aliphatic carbocycles. The SMILES string of the molecule is CN[C@H](CO)[C@@H](O)/C=C/c1ccc(C)cc1. The summed E-state index contributed by atoms with van der Waals surface area (Å²) in [6, 6.07) is 7.71. The number of benzene rings is 1. The van der Waals surface area contributed by atoms with Gasteiger partial charge in [-0.2, -0.15) is 0 Å². The van der Waals surface area contributed by atoms with Gasteiger partial charge in [0.25, 0.3) is 0 Å². The lowest BCUT2D eigenvalue weighted by Crippen LogP contribution is -2.39. The standard InChI is InChI=1S/C13H19NO2/c1-10-3-5-11(6-4-10)7-8-13(16)12(9-15)14-2/h3-8,12-16H,9H2,1-2H3/b8-7+/t12-,13+/m1/s1. The van der Waals surface area contributed by atoms with E-state index in [2.05, 4.69) is 5.32 Å². The number of likely N-dealkylation sites (N-methyl/N-ethyl adjacent to an activating group) is 1. The normalized spacial score (nSPS) is 15.2. The van der Waals surface area contributed by atoms with Gasteiger partial charge in [0.2, 0.25) is 0 Å². The van der Waals surface area contributed by atoms with E-state index in [-0.39, 0.29) is 12.6 Å². The Labute approximate surface area is 96.4 Å². The average Bonchev–Trinajstić information content (AvgIpc) is 2.30. The van der Waals surface area contributed by atoms with Crippen molar-refractivity contribution >= 4 is 6.08 Å². The zero-order valence-corrected chi connectivity index (χ0v) is 9.72. The van der Waals surface area contributed by atoms with Crippen molar-refractivity contribution in [3.8, 4) is 0 Å². The van der Waals surface area contributed by atoms with Gasteiger partial charge in [-0.25, -0.2) is 0 Å². The molecule has 0 bridgehead atoms. The molecule has 0 aromatic heterocycles. The number of rotatable bonds is 5. The predicted octanol–water partition coefficient (Wildman–Crippen LogP) is 0.949. The molecular weight excluding hydrogens is 202 g/mol. The molecule has 0 radical (unpaired) electrons. The van der Waals surface area contributed by atoms with E-state index in [1.165, 1.54) is 5.56 Å². The van der Waals surface area contributed by atoms with E-state index < -0.39 is 6.10 Å².